The molecule has 0 saturated heterocycles. The third-order valence-corrected chi connectivity index (χ3v) is 0.584. The van der Waals surface area contributed by atoms with Gasteiger partial charge < -0.3 is 16.5 Å². The average Bonchev–Trinajstić information content (AvgIpc) is 1.63. The molecule has 0 heterocycles. The molecule has 5 N–H and O–H groups in total. The molecule has 0 saturated carbocycles. The normalized spacial score (nSPS) is 11.1. The van der Waals surface area contributed by atoms with Crippen molar-refractivity contribution in [1.82, 2.24) is 5.01 Å². The Balaban J connectivity index is 4.00. The van der Waals surface area contributed by atoms with Crippen molar-refractivity contribution in [1.29, 1.82) is 5.41 Å². The van der Waals surface area contributed by atoms with Crippen LogP contribution in [0.3, 0.4) is 0 Å². The molecule has 0 fully saturated rings. The van der Waals surface area contributed by atoms with E-state index in [9.17, 15) is 0 Å². The van der Waals surface area contributed by atoms with Crippen LogP contribution in [0, 0.1) is 5.41 Å². The zero-order chi connectivity index (χ0) is 7.44. The summed E-state index contributed by atoms with van der Waals surface area (Å²) >= 11 is 0. The van der Waals surface area contributed by atoms with Gasteiger partial charge in [-0.05, 0) is 0 Å². The maximum Gasteiger partial charge on any atom is 0.185 e. The zero-order valence-electron chi connectivity index (χ0n) is 5.55. The fourth-order valence-electron chi connectivity index (χ4n) is 0.269. The first kappa shape index (κ1) is 7.74. The van der Waals surface area contributed by atoms with Crippen molar-refractivity contribution in [2.75, 3.05) is 14.1 Å². The van der Waals surface area contributed by atoms with Gasteiger partial charge in [-0.2, -0.15) is 5.10 Å². The molecule has 0 aromatic rings. The van der Waals surface area contributed by atoms with Crippen molar-refractivity contribution in [3.63, 3.8) is 0 Å². The summed E-state index contributed by atoms with van der Waals surface area (Å²) in [6, 6.07) is 0. The first-order chi connectivity index (χ1) is 4.04. The van der Waals surface area contributed by atoms with Crippen molar-refractivity contribution in [3.8, 4) is 0 Å². The molecule has 5 heteroatoms. The lowest BCUT2D eigenvalue weighted by Crippen LogP contribution is -2.32. The summed E-state index contributed by atoms with van der Waals surface area (Å²) < 4.78 is 0. The van der Waals surface area contributed by atoms with Gasteiger partial charge in [-0.3, -0.25) is 5.41 Å². The van der Waals surface area contributed by atoms with Gasteiger partial charge in [0.1, 0.15) is 0 Å². The number of hydrogen-bond donors (Lipinski definition) is 3. The summed E-state index contributed by atoms with van der Waals surface area (Å²) in [5.41, 5.74) is 10.2. The van der Waals surface area contributed by atoms with E-state index >= 15 is 0 Å². The van der Waals surface area contributed by atoms with Gasteiger partial charge in [0.15, 0.2) is 11.7 Å². The lowest BCUT2D eigenvalue weighted by molar-refractivity contribution is 0.438. The lowest BCUT2D eigenvalue weighted by atomic mass is 10.6. The molecule has 0 amide bonds. The highest BCUT2D eigenvalue weighted by molar-refractivity contribution is 6.37. The van der Waals surface area contributed by atoms with Crippen molar-refractivity contribution in [2.45, 2.75) is 0 Å². The molecule has 0 atom stereocenters. The standard InChI is InChI=1S/C4H11N5/c1-9(2)8-4(7)3(5)6/h1-2H3,(H3,5,6)(H2,7,8). The summed E-state index contributed by atoms with van der Waals surface area (Å²) in [5.74, 6) is -0.163. The van der Waals surface area contributed by atoms with Crippen molar-refractivity contribution in [3.05, 3.63) is 0 Å². The molecular weight excluding hydrogens is 118 g/mol. The third-order valence-electron chi connectivity index (χ3n) is 0.584. The van der Waals surface area contributed by atoms with Crippen LogP contribution in [0.1, 0.15) is 0 Å². The lowest BCUT2D eigenvalue weighted by Gasteiger charge is -2.04. The highest BCUT2D eigenvalue weighted by Crippen LogP contribution is 1.73. The van der Waals surface area contributed by atoms with Crippen molar-refractivity contribution < 1.29 is 0 Å². The second kappa shape index (κ2) is 2.91. The molecule has 0 aliphatic carbocycles. The molecule has 5 nitrogen and oxygen atoms in total. The molecule has 0 unspecified atom stereocenters. The van der Waals surface area contributed by atoms with Crippen LogP contribution in [0.25, 0.3) is 0 Å². The maximum absolute atomic E-state index is 6.79. The fourth-order valence-corrected chi connectivity index (χ4v) is 0.269. The van der Waals surface area contributed by atoms with E-state index < -0.39 is 0 Å². The number of nitrogens with zero attached hydrogens (tertiary/aromatic N) is 2. The molecule has 0 aromatic carbocycles. The van der Waals surface area contributed by atoms with Gasteiger partial charge in [0.25, 0.3) is 0 Å². The highest BCUT2D eigenvalue weighted by atomic mass is 15.4. The molecule has 0 radical (unpaired) electrons. The van der Waals surface area contributed by atoms with E-state index in [1.807, 2.05) is 0 Å². The van der Waals surface area contributed by atoms with E-state index in [1.54, 1.807) is 14.1 Å². The van der Waals surface area contributed by atoms with Crippen LogP contribution in [0.2, 0.25) is 0 Å². The first-order valence-electron chi connectivity index (χ1n) is 2.40. The smallest absolute Gasteiger partial charge is 0.185 e. The quantitative estimate of drug-likeness (QED) is 0.235. The number of hydrazone groups is 1. The van der Waals surface area contributed by atoms with E-state index in [0.29, 0.717) is 0 Å². The van der Waals surface area contributed by atoms with Crippen LogP contribution in [-0.2, 0) is 0 Å². The van der Waals surface area contributed by atoms with E-state index in [2.05, 4.69) is 5.10 Å². The summed E-state index contributed by atoms with van der Waals surface area (Å²) in [6.07, 6.45) is 0. The van der Waals surface area contributed by atoms with Crippen LogP contribution >= 0.6 is 0 Å². The van der Waals surface area contributed by atoms with Gasteiger partial charge in [0, 0.05) is 14.1 Å². The molecule has 0 rings (SSSR count). The molecule has 9 heavy (non-hydrogen) atoms. The Hall–Kier alpha value is -1.26. The predicted molar refractivity (Wildman–Crippen MR) is 37.2 cm³/mol. The number of rotatable bonds is 1. The largest absolute Gasteiger partial charge is 0.381 e. The van der Waals surface area contributed by atoms with Crippen LogP contribution < -0.4 is 11.5 Å². The number of hydrogen-bond acceptors (Lipinski definition) is 3. The Labute approximate surface area is 53.8 Å². The van der Waals surface area contributed by atoms with Crippen LogP contribution in [0.5, 0.6) is 0 Å². The molecule has 0 aliphatic heterocycles. The van der Waals surface area contributed by atoms with Gasteiger partial charge in [-0.25, -0.2) is 0 Å². The minimum absolute atomic E-state index is 0.0417. The average molecular weight is 129 g/mol. The third kappa shape index (κ3) is 3.33. The van der Waals surface area contributed by atoms with Crippen molar-refractivity contribution in [2.24, 2.45) is 16.6 Å². The minimum Gasteiger partial charge on any atom is -0.381 e. The summed E-state index contributed by atoms with van der Waals surface area (Å²) in [7, 11) is 3.41. The van der Waals surface area contributed by atoms with Gasteiger partial charge in [0.05, 0.1) is 0 Å². The Morgan fingerprint density at radius 2 is 1.89 bits per heavy atom. The van der Waals surface area contributed by atoms with E-state index in [4.69, 9.17) is 16.9 Å². The molecule has 52 valence electrons. The van der Waals surface area contributed by atoms with Gasteiger partial charge >= 0.3 is 0 Å². The number of amidine groups is 2. The van der Waals surface area contributed by atoms with Gasteiger partial charge in [-0.15, -0.1) is 0 Å². The second-order valence-electron chi connectivity index (χ2n) is 1.75. The summed E-state index contributed by atoms with van der Waals surface area (Å²) in [6.45, 7) is 0. The van der Waals surface area contributed by atoms with E-state index in [1.165, 1.54) is 5.01 Å². The predicted octanol–water partition coefficient (Wildman–Crippen LogP) is -1.24. The molecule has 0 spiro atoms. The molecule has 0 aliphatic rings. The summed E-state index contributed by atoms with van der Waals surface area (Å²) in [5, 5.41) is 11.9. The fraction of sp³-hybridized carbons (Fsp3) is 0.500. The Bertz CT molecular complexity index is 136. The molecular formula is C4H11N5. The van der Waals surface area contributed by atoms with Gasteiger partial charge in [-0.1, -0.05) is 0 Å². The maximum atomic E-state index is 6.79. The monoisotopic (exact) mass is 129 g/mol. The second-order valence-corrected chi connectivity index (χ2v) is 1.75. The topological polar surface area (TPSA) is 91.5 Å². The Kier molecular flexibility index (Phi) is 2.50. The van der Waals surface area contributed by atoms with Gasteiger partial charge in [0.2, 0.25) is 0 Å². The highest BCUT2D eigenvalue weighted by Gasteiger charge is 1.93. The Morgan fingerprint density at radius 1 is 1.44 bits per heavy atom. The Morgan fingerprint density at radius 3 is 2.00 bits per heavy atom. The van der Waals surface area contributed by atoms with Crippen LogP contribution in [-0.4, -0.2) is 30.8 Å². The van der Waals surface area contributed by atoms with E-state index in [0.717, 1.165) is 0 Å². The van der Waals surface area contributed by atoms with Crippen molar-refractivity contribution >= 4 is 11.7 Å². The first-order valence-corrected chi connectivity index (χ1v) is 2.40. The van der Waals surface area contributed by atoms with Crippen LogP contribution in [0.15, 0.2) is 5.10 Å². The van der Waals surface area contributed by atoms with Crippen LogP contribution in [0.4, 0.5) is 0 Å². The van der Waals surface area contributed by atoms with E-state index in [-0.39, 0.29) is 11.7 Å². The molecule has 0 aromatic heterocycles. The number of nitrogens with two attached hydrogens (primary N) is 2. The summed E-state index contributed by atoms with van der Waals surface area (Å²) in [4.78, 5) is 0. The number of nitrogens with one attached hydrogen (secondary N) is 1. The SMILES string of the molecule is CN(C)/N=C(\N)C(=N)N. The molecule has 0 bridgehead atoms. The zero-order valence-corrected chi connectivity index (χ0v) is 5.55. The minimum atomic E-state index is -0.205.